The van der Waals surface area contributed by atoms with Crippen molar-refractivity contribution in [1.82, 2.24) is 0 Å². The number of carbonyl (C=O) groups is 1. The third-order valence-electron chi connectivity index (χ3n) is 3.33. The van der Waals surface area contributed by atoms with Crippen molar-refractivity contribution in [2.75, 3.05) is 28.7 Å². The average molecular weight is 292 g/mol. The van der Waals surface area contributed by atoms with Gasteiger partial charge in [-0.3, -0.25) is 0 Å². The van der Waals surface area contributed by atoms with Crippen LogP contribution in [-0.4, -0.2) is 24.8 Å². The fourth-order valence-electron chi connectivity index (χ4n) is 2.32. The molecule has 4 N–H and O–H groups in total. The summed E-state index contributed by atoms with van der Waals surface area (Å²) >= 11 is 0. The van der Waals surface area contributed by atoms with Gasteiger partial charge in [-0.2, -0.15) is 0 Å². The van der Waals surface area contributed by atoms with E-state index in [1.807, 2.05) is 12.1 Å². The van der Waals surface area contributed by atoms with E-state index in [0.717, 1.165) is 23.8 Å². The third-order valence-corrected chi connectivity index (χ3v) is 3.33. The zero-order valence-corrected chi connectivity index (χ0v) is 12.9. The topological polar surface area (TPSA) is 84.8 Å². The number of benzene rings is 1. The van der Waals surface area contributed by atoms with E-state index in [0.29, 0.717) is 11.4 Å². The minimum Gasteiger partial charge on any atom is -0.442 e. The van der Waals surface area contributed by atoms with Gasteiger partial charge in [-0.05, 0) is 51.8 Å². The summed E-state index contributed by atoms with van der Waals surface area (Å²) in [7, 11) is 0. The van der Waals surface area contributed by atoms with E-state index in [2.05, 4.69) is 4.90 Å². The second kappa shape index (κ2) is 5.81. The van der Waals surface area contributed by atoms with E-state index in [-0.39, 0.29) is 0 Å². The SMILES string of the molecule is CC(C)(C)OC(=O)N(N)c1cc(N2CCCC2)ccc1N. The minimum absolute atomic E-state index is 0.450. The Bertz CT molecular complexity index is 519. The molecular formula is C15H24N4O2. The highest BCUT2D eigenvalue weighted by Crippen LogP contribution is 2.30. The summed E-state index contributed by atoms with van der Waals surface area (Å²) in [6.07, 6.45) is 1.74. The molecule has 6 heteroatoms. The molecule has 1 heterocycles. The lowest BCUT2D eigenvalue weighted by molar-refractivity contribution is 0.0580. The molecule has 0 bridgehead atoms. The first-order chi connectivity index (χ1) is 9.78. The summed E-state index contributed by atoms with van der Waals surface area (Å²) in [6, 6.07) is 5.56. The van der Waals surface area contributed by atoms with Gasteiger partial charge in [-0.1, -0.05) is 0 Å². The van der Waals surface area contributed by atoms with Gasteiger partial charge in [-0.25, -0.2) is 15.6 Å². The highest BCUT2D eigenvalue weighted by atomic mass is 16.6. The van der Waals surface area contributed by atoms with Gasteiger partial charge >= 0.3 is 6.09 Å². The van der Waals surface area contributed by atoms with Gasteiger partial charge in [0.25, 0.3) is 0 Å². The molecule has 0 unspecified atom stereocenters. The molecule has 1 aliphatic heterocycles. The largest absolute Gasteiger partial charge is 0.442 e. The first-order valence-electron chi connectivity index (χ1n) is 7.20. The van der Waals surface area contributed by atoms with Crippen LogP contribution in [0.2, 0.25) is 0 Å². The number of nitrogens with two attached hydrogens (primary N) is 2. The average Bonchev–Trinajstić information content (AvgIpc) is 2.90. The van der Waals surface area contributed by atoms with Crippen molar-refractivity contribution >= 4 is 23.2 Å². The summed E-state index contributed by atoms with van der Waals surface area (Å²) < 4.78 is 5.27. The van der Waals surface area contributed by atoms with E-state index in [1.165, 1.54) is 12.8 Å². The van der Waals surface area contributed by atoms with Crippen LogP contribution >= 0.6 is 0 Å². The number of ether oxygens (including phenoxy) is 1. The Balaban J connectivity index is 2.21. The Morgan fingerprint density at radius 1 is 1.29 bits per heavy atom. The van der Waals surface area contributed by atoms with E-state index in [1.54, 1.807) is 26.8 Å². The zero-order chi connectivity index (χ0) is 15.6. The van der Waals surface area contributed by atoms with Crippen LogP contribution in [0, 0.1) is 0 Å². The van der Waals surface area contributed by atoms with E-state index in [9.17, 15) is 4.79 Å². The summed E-state index contributed by atoms with van der Waals surface area (Å²) in [5.41, 5.74) is 7.28. The molecule has 0 aliphatic carbocycles. The van der Waals surface area contributed by atoms with Crippen molar-refractivity contribution in [2.24, 2.45) is 5.84 Å². The van der Waals surface area contributed by atoms with Crippen molar-refractivity contribution in [3.8, 4) is 0 Å². The second-order valence-corrected chi connectivity index (χ2v) is 6.29. The summed E-state index contributed by atoms with van der Waals surface area (Å²) in [5, 5.41) is 0.972. The van der Waals surface area contributed by atoms with Gasteiger partial charge in [-0.15, -0.1) is 0 Å². The highest BCUT2D eigenvalue weighted by molar-refractivity contribution is 5.91. The quantitative estimate of drug-likeness (QED) is 0.378. The first kappa shape index (κ1) is 15.4. The lowest BCUT2D eigenvalue weighted by atomic mass is 10.2. The Hall–Kier alpha value is -1.95. The molecule has 21 heavy (non-hydrogen) atoms. The minimum atomic E-state index is -0.618. The van der Waals surface area contributed by atoms with Gasteiger partial charge in [0.15, 0.2) is 0 Å². The van der Waals surface area contributed by atoms with E-state index < -0.39 is 11.7 Å². The van der Waals surface area contributed by atoms with Crippen molar-refractivity contribution in [3.05, 3.63) is 18.2 Å². The van der Waals surface area contributed by atoms with Gasteiger partial charge in [0.2, 0.25) is 0 Å². The molecular weight excluding hydrogens is 268 g/mol. The number of rotatable bonds is 2. The maximum Gasteiger partial charge on any atom is 0.429 e. The summed E-state index contributed by atoms with van der Waals surface area (Å²) in [6.45, 7) is 7.41. The monoisotopic (exact) mass is 292 g/mol. The molecule has 1 aliphatic rings. The Kier molecular flexibility index (Phi) is 4.27. The normalized spacial score (nSPS) is 15.1. The number of carbonyl (C=O) groups excluding carboxylic acids is 1. The van der Waals surface area contributed by atoms with Gasteiger partial charge in [0, 0.05) is 18.8 Å². The Labute approximate surface area is 125 Å². The molecule has 1 saturated heterocycles. The smallest absolute Gasteiger partial charge is 0.429 e. The molecule has 0 saturated carbocycles. The molecule has 0 radical (unpaired) electrons. The van der Waals surface area contributed by atoms with Gasteiger partial charge in [0.05, 0.1) is 11.4 Å². The predicted molar refractivity (Wildman–Crippen MR) is 85.2 cm³/mol. The van der Waals surface area contributed by atoms with E-state index in [4.69, 9.17) is 16.3 Å². The molecule has 116 valence electrons. The van der Waals surface area contributed by atoms with Crippen molar-refractivity contribution < 1.29 is 9.53 Å². The number of hydrogen-bond acceptors (Lipinski definition) is 5. The summed E-state index contributed by atoms with van der Waals surface area (Å²) in [4.78, 5) is 14.3. The molecule has 2 rings (SSSR count). The molecule has 0 spiro atoms. The standard InChI is InChI=1S/C15H24N4O2/c1-15(2,3)21-14(20)19(17)13-10-11(6-7-12(13)16)18-8-4-5-9-18/h6-7,10H,4-5,8-9,16-17H2,1-3H3. The summed E-state index contributed by atoms with van der Waals surface area (Å²) in [5.74, 6) is 5.87. The third kappa shape index (κ3) is 3.78. The van der Waals surface area contributed by atoms with Crippen LogP contribution in [0.5, 0.6) is 0 Å². The molecule has 1 amide bonds. The van der Waals surface area contributed by atoms with Crippen molar-refractivity contribution in [2.45, 2.75) is 39.2 Å². The molecule has 0 atom stereocenters. The fraction of sp³-hybridized carbons (Fsp3) is 0.533. The lowest BCUT2D eigenvalue weighted by Crippen LogP contribution is -2.42. The number of anilines is 3. The highest BCUT2D eigenvalue weighted by Gasteiger charge is 2.23. The number of hydrazine groups is 1. The van der Waals surface area contributed by atoms with Crippen LogP contribution in [-0.2, 0) is 4.74 Å². The van der Waals surface area contributed by atoms with E-state index >= 15 is 0 Å². The first-order valence-corrected chi connectivity index (χ1v) is 7.20. The van der Waals surface area contributed by atoms with Crippen molar-refractivity contribution in [3.63, 3.8) is 0 Å². The Morgan fingerprint density at radius 2 is 1.90 bits per heavy atom. The molecule has 6 nitrogen and oxygen atoms in total. The van der Waals surface area contributed by atoms with Crippen molar-refractivity contribution in [1.29, 1.82) is 0 Å². The van der Waals surface area contributed by atoms with Crippen LogP contribution in [0.4, 0.5) is 21.9 Å². The molecule has 1 aromatic rings. The number of nitrogen functional groups attached to an aromatic ring is 1. The fourth-order valence-corrected chi connectivity index (χ4v) is 2.32. The number of amides is 1. The van der Waals surface area contributed by atoms with Gasteiger partial charge < -0.3 is 15.4 Å². The lowest BCUT2D eigenvalue weighted by Gasteiger charge is -2.26. The molecule has 1 fully saturated rings. The van der Waals surface area contributed by atoms with Crippen LogP contribution in [0.25, 0.3) is 0 Å². The van der Waals surface area contributed by atoms with Gasteiger partial charge in [0.1, 0.15) is 5.60 Å². The second-order valence-electron chi connectivity index (χ2n) is 6.29. The van der Waals surface area contributed by atoms with Crippen LogP contribution in [0.1, 0.15) is 33.6 Å². The number of nitrogens with zero attached hydrogens (tertiary/aromatic N) is 2. The van der Waals surface area contributed by atoms with Crippen LogP contribution in [0.3, 0.4) is 0 Å². The maximum absolute atomic E-state index is 12.1. The molecule has 0 aromatic heterocycles. The van der Waals surface area contributed by atoms with Crippen LogP contribution in [0.15, 0.2) is 18.2 Å². The maximum atomic E-state index is 12.1. The van der Waals surface area contributed by atoms with Crippen LogP contribution < -0.4 is 21.5 Å². The molecule has 1 aromatic carbocycles. The Morgan fingerprint density at radius 3 is 2.48 bits per heavy atom. The zero-order valence-electron chi connectivity index (χ0n) is 12.9. The predicted octanol–water partition coefficient (Wildman–Crippen LogP) is 2.48. The number of hydrogen-bond donors (Lipinski definition) is 2.